The molecule has 8 nitrogen and oxygen atoms in total. The van der Waals surface area contributed by atoms with Crippen LogP contribution in [0.2, 0.25) is 0 Å². The van der Waals surface area contributed by atoms with Crippen LogP contribution in [-0.4, -0.2) is 64.3 Å². The lowest BCUT2D eigenvalue weighted by Crippen LogP contribution is -2.50. The van der Waals surface area contributed by atoms with Gasteiger partial charge in [-0.3, -0.25) is 4.79 Å². The number of alkyl halides is 2. The quantitative estimate of drug-likeness (QED) is 0.416. The number of halogens is 2. The zero-order valence-electron chi connectivity index (χ0n) is 17.7. The van der Waals surface area contributed by atoms with Gasteiger partial charge in [-0.1, -0.05) is 36.4 Å². The highest BCUT2D eigenvalue weighted by molar-refractivity contribution is 7.91. The van der Waals surface area contributed by atoms with Gasteiger partial charge in [-0.25, -0.2) is 26.7 Å². The third kappa shape index (κ3) is 3.97. The number of thiophene rings is 1. The molecule has 0 unspecified atom stereocenters. The summed E-state index contributed by atoms with van der Waals surface area (Å²) in [6.45, 7) is 0.605. The average molecular weight is 504 g/mol. The van der Waals surface area contributed by atoms with Crippen LogP contribution in [0.3, 0.4) is 0 Å². The Bertz CT molecular complexity index is 1430. The fraction of sp³-hybridized carbons (Fsp3) is 0.227. The van der Waals surface area contributed by atoms with E-state index < -0.39 is 22.4 Å². The normalized spacial score (nSPS) is 15.3. The molecule has 1 aliphatic heterocycles. The maximum absolute atomic E-state index is 13.8. The molecule has 5 rings (SSSR count). The van der Waals surface area contributed by atoms with Crippen LogP contribution in [-0.2, 0) is 10.0 Å². The van der Waals surface area contributed by atoms with Crippen molar-refractivity contribution < 1.29 is 22.0 Å². The summed E-state index contributed by atoms with van der Waals surface area (Å²) in [4.78, 5) is 19.2. The fourth-order valence-corrected chi connectivity index (χ4v) is 6.46. The molecule has 3 aromatic heterocycles. The Labute approximate surface area is 198 Å². The first-order valence-corrected chi connectivity index (χ1v) is 12.7. The number of sulfonamides is 1. The van der Waals surface area contributed by atoms with Gasteiger partial charge in [0.1, 0.15) is 15.5 Å². The first kappa shape index (κ1) is 22.6. The van der Waals surface area contributed by atoms with E-state index in [1.54, 1.807) is 41.8 Å². The Balaban J connectivity index is 1.43. The maximum atomic E-state index is 13.8. The van der Waals surface area contributed by atoms with Gasteiger partial charge in [-0.05, 0) is 17.5 Å². The van der Waals surface area contributed by atoms with E-state index >= 15 is 0 Å². The van der Waals surface area contributed by atoms with E-state index in [4.69, 9.17) is 0 Å². The number of nitrogens with zero attached hydrogens (tertiary/aromatic N) is 5. The van der Waals surface area contributed by atoms with E-state index in [1.807, 2.05) is 6.07 Å². The molecule has 1 aromatic carbocycles. The topological polar surface area (TPSA) is 87.9 Å². The van der Waals surface area contributed by atoms with Crippen molar-refractivity contribution >= 4 is 32.9 Å². The number of rotatable bonds is 5. The number of carbonyl (C=O) groups excluding carboxylic acids is 1. The summed E-state index contributed by atoms with van der Waals surface area (Å²) < 4.78 is 55.6. The second kappa shape index (κ2) is 8.85. The standard InChI is InChI=1S/C22H19F2N5O3S2/c23-20(24)18-13-17(15-5-2-1-3-6-15)26-21-16(14-25-29(18)21)22(30)27-8-10-28(11-9-27)34(31,32)19-7-4-12-33-19/h1-7,12-14,20H,8-11H2. The Morgan fingerprint density at radius 1 is 1.03 bits per heavy atom. The number of aromatic nitrogens is 3. The van der Waals surface area contributed by atoms with E-state index in [2.05, 4.69) is 10.1 Å². The van der Waals surface area contributed by atoms with Crippen LogP contribution in [0.1, 0.15) is 22.5 Å². The lowest BCUT2D eigenvalue weighted by molar-refractivity contribution is 0.0699. The summed E-state index contributed by atoms with van der Waals surface area (Å²) in [7, 11) is -3.61. The molecule has 4 heterocycles. The van der Waals surface area contributed by atoms with Crippen molar-refractivity contribution in [3.63, 3.8) is 0 Å². The molecule has 0 N–H and O–H groups in total. The fourth-order valence-electron chi connectivity index (χ4n) is 3.89. The SMILES string of the molecule is O=C(c1cnn2c(C(F)F)cc(-c3ccccc3)nc12)N1CCN(S(=O)(=O)c2cccs2)CC1. The van der Waals surface area contributed by atoms with Crippen LogP contribution in [0.15, 0.2) is 64.3 Å². The molecule has 1 amide bonds. The summed E-state index contributed by atoms with van der Waals surface area (Å²) in [6.07, 6.45) is -1.58. The maximum Gasteiger partial charge on any atom is 0.280 e. The van der Waals surface area contributed by atoms with Crippen molar-refractivity contribution in [2.75, 3.05) is 26.2 Å². The van der Waals surface area contributed by atoms with Crippen molar-refractivity contribution in [3.05, 3.63) is 71.4 Å². The Morgan fingerprint density at radius 2 is 1.76 bits per heavy atom. The van der Waals surface area contributed by atoms with E-state index in [0.717, 1.165) is 15.9 Å². The van der Waals surface area contributed by atoms with Gasteiger partial charge in [0.2, 0.25) is 0 Å². The first-order chi connectivity index (χ1) is 16.4. The Hall–Kier alpha value is -3.22. The van der Waals surface area contributed by atoms with Gasteiger partial charge in [-0.15, -0.1) is 11.3 Å². The number of fused-ring (bicyclic) bond motifs is 1. The summed E-state index contributed by atoms with van der Waals surface area (Å²) >= 11 is 1.14. The minimum atomic E-state index is -3.61. The molecular weight excluding hydrogens is 484 g/mol. The number of amides is 1. The molecule has 34 heavy (non-hydrogen) atoms. The van der Waals surface area contributed by atoms with Crippen molar-refractivity contribution in [1.82, 2.24) is 23.8 Å². The van der Waals surface area contributed by atoms with Crippen molar-refractivity contribution in [2.24, 2.45) is 0 Å². The number of piperazine rings is 1. The predicted molar refractivity (Wildman–Crippen MR) is 122 cm³/mol. The summed E-state index contributed by atoms with van der Waals surface area (Å²) in [5.74, 6) is -0.430. The minimum absolute atomic E-state index is 0.0373. The van der Waals surface area contributed by atoms with Crippen LogP contribution in [0.4, 0.5) is 8.78 Å². The number of hydrogen-bond acceptors (Lipinski definition) is 6. The molecule has 176 valence electrons. The smallest absolute Gasteiger partial charge is 0.280 e. The highest BCUT2D eigenvalue weighted by Crippen LogP contribution is 2.28. The number of carbonyl (C=O) groups is 1. The molecule has 0 bridgehead atoms. The largest absolute Gasteiger partial charge is 0.336 e. The van der Waals surface area contributed by atoms with Gasteiger partial charge in [-0.2, -0.15) is 9.40 Å². The van der Waals surface area contributed by atoms with Gasteiger partial charge in [0.05, 0.1) is 11.9 Å². The summed E-state index contributed by atoms with van der Waals surface area (Å²) in [5.41, 5.74) is 0.711. The van der Waals surface area contributed by atoms with Gasteiger partial charge in [0, 0.05) is 31.7 Å². The second-order valence-electron chi connectivity index (χ2n) is 7.65. The molecular formula is C22H19F2N5O3S2. The van der Waals surface area contributed by atoms with Crippen LogP contribution >= 0.6 is 11.3 Å². The lowest BCUT2D eigenvalue weighted by Gasteiger charge is -2.33. The highest BCUT2D eigenvalue weighted by Gasteiger charge is 2.32. The van der Waals surface area contributed by atoms with Crippen LogP contribution in [0, 0.1) is 0 Å². The van der Waals surface area contributed by atoms with Gasteiger partial charge in [0.25, 0.3) is 22.4 Å². The van der Waals surface area contributed by atoms with E-state index in [9.17, 15) is 22.0 Å². The highest BCUT2D eigenvalue weighted by atomic mass is 32.2. The molecule has 1 fully saturated rings. The average Bonchev–Trinajstić information content (AvgIpc) is 3.54. The second-order valence-corrected chi connectivity index (χ2v) is 10.8. The summed E-state index contributed by atoms with van der Waals surface area (Å²) in [5, 5.41) is 5.70. The molecule has 0 saturated carbocycles. The molecule has 1 saturated heterocycles. The van der Waals surface area contributed by atoms with Crippen LogP contribution in [0.5, 0.6) is 0 Å². The zero-order valence-corrected chi connectivity index (χ0v) is 19.3. The molecule has 0 spiro atoms. The molecule has 1 aliphatic rings. The monoisotopic (exact) mass is 503 g/mol. The van der Waals surface area contributed by atoms with Gasteiger partial charge in [0.15, 0.2) is 5.65 Å². The van der Waals surface area contributed by atoms with Gasteiger partial charge < -0.3 is 4.90 Å². The van der Waals surface area contributed by atoms with Crippen LogP contribution in [0.25, 0.3) is 16.9 Å². The molecule has 0 aliphatic carbocycles. The van der Waals surface area contributed by atoms with Gasteiger partial charge >= 0.3 is 0 Å². The number of benzene rings is 1. The summed E-state index contributed by atoms with van der Waals surface area (Å²) in [6, 6.07) is 13.3. The van der Waals surface area contributed by atoms with Crippen molar-refractivity contribution in [2.45, 2.75) is 10.6 Å². The van der Waals surface area contributed by atoms with E-state index in [1.165, 1.54) is 21.5 Å². The number of hydrogen-bond donors (Lipinski definition) is 0. The first-order valence-electron chi connectivity index (χ1n) is 10.4. The third-order valence-electron chi connectivity index (χ3n) is 5.64. The van der Waals surface area contributed by atoms with Crippen molar-refractivity contribution in [1.29, 1.82) is 0 Å². The molecule has 0 atom stereocenters. The molecule has 0 radical (unpaired) electrons. The third-order valence-corrected chi connectivity index (χ3v) is 8.91. The van der Waals surface area contributed by atoms with Crippen LogP contribution < -0.4 is 0 Å². The zero-order chi connectivity index (χ0) is 23.9. The Kier molecular flexibility index (Phi) is 5.88. The Morgan fingerprint density at radius 3 is 2.41 bits per heavy atom. The van der Waals surface area contributed by atoms with E-state index in [0.29, 0.717) is 11.3 Å². The molecule has 4 aromatic rings. The molecule has 12 heteroatoms. The lowest BCUT2D eigenvalue weighted by atomic mass is 10.1. The van der Waals surface area contributed by atoms with E-state index in [-0.39, 0.29) is 47.3 Å². The van der Waals surface area contributed by atoms with Crippen molar-refractivity contribution in [3.8, 4) is 11.3 Å². The minimum Gasteiger partial charge on any atom is -0.336 e. The predicted octanol–water partition coefficient (Wildman–Crippen LogP) is 3.54.